The Labute approximate surface area is 60.5 Å². The van der Waals surface area contributed by atoms with Crippen LogP contribution in [0.5, 0.6) is 0 Å². The lowest BCUT2D eigenvalue weighted by molar-refractivity contribution is 0.291. The van der Waals surface area contributed by atoms with Crippen molar-refractivity contribution in [1.29, 1.82) is 0 Å². The zero-order valence-electron chi connectivity index (χ0n) is 5.77. The van der Waals surface area contributed by atoms with E-state index in [-0.39, 0.29) is 6.17 Å². The zero-order valence-corrected chi connectivity index (χ0v) is 5.77. The van der Waals surface area contributed by atoms with E-state index in [0.717, 1.165) is 6.42 Å². The van der Waals surface area contributed by atoms with Crippen molar-refractivity contribution >= 4 is 6.21 Å². The molecule has 0 amide bonds. The molecule has 1 heterocycles. The lowest BCUT2D eigenvalue weighted by Gasteiger charge is -2.22. The summed E-state index contributed by atoms with van der Waals surface area (Å²) in [6.45, 7) is 3.61. The van der Waals surface area contributed by atoms with Gasteiger partial charge in [-0.2, -0.15) is 0 Å². The summed E-state index contributed by atoms with van der Waals surface area (Å²) in [5, 5.41) is 1.57. The van der Waals surface area contributed by atoms with Gasteiger partial charge in [-0.25, -0.2) is 5.84 Å². The molecule has 3 heteroatoms. The SMILES string of the molecule is C=CCC1N=CC=CN1N. The second-order valence-corrected chi connectivity index (χ2v) is 2.09. The van der Waals surface area contributed by atoms with Crippen LogP contribution < -0.4 is 5.84 Å². The summed E-state index contributed by atoms with van der Waals surface area (Å²) in [5.74, 6) is 5.55. The standard InChI is InChI=1S/C7H11N3/c1-2-4-7-9-5-3-6-10(7)8/h2-3,5-7H,1,4,8H2. The smallest absolute Gasteiger partial charge is 0.137 e. The number of nitrogens with two attached hydrogens (primary N) is 1. The minimum atomic E-state index is 0.0440. The predicted molar refractivity (Wildman–Crippen MR) is 42.3 cm³/mol. The minimum Gasteiger partial charge on any atom is -0.294 e. The molecule has 0 saturated carbocycles. The molecule has 3 nitrogen and oxygen atoms in total. The van der Waals surface area contributed by atoms with Gasteiger partial charge < -0.3 is 0 Å². The molecule has 0 bridgehead atoms. The topological polar surface area (TPSA) is 41.6 Å². The number of nitrogens with zero attached hydrogens (tertiary/aromatic N) is 2. The quantitative estimate of drug-likeness (QED) is 0.449. The highest BCUT2D eigenvalue weighted by atomic mass is 15.4. The third kappa shape index (κ3) is 1.45. The van der Waals surface area contributed by atoms with Gasteiger partial charge in [-0.05, 0) is 6.08 Å². The van der Waals surface area contributed by atoms with Gasteiger partial charge in [0, 0.05) is 18.8 Å². The van der Waals surface area contributed by atoms with Gasteiger partial charge >= 0.3 is 0 Å². The maximum atomic E-state index is 5.55. The number of hydrazine groups is 1. The van der Waals surface area contributed by atoms with Crippen LogP contribution in [0, 0.1) is 0 Å². The maximum Gasteiger partial charge on any atom is 0.137 e. The number of rotatable bonds is 2. The minimum absolute atomic E-state index is 0.0440. The molecular weight excluding hydrogens is 126 g/mol. The Bertz CT molecular complexity index is 172. The molecule has 1 aliphatic rings. The number of hydrogen-bond donors (Lipinski definition) is 1. The van der Waals surface area contributed by atoms with Crippen LogP contribution in [-0.2, 0) is 0 Å². The van der Waals surface area contributed by atoms with Crippen LogP contribution in [0.1, 0.15) is 6.42 Å². The van der Waals surface area contributed by atoms with E-state index < -0.39 is 0 Å². The monoisotopic (exact) mass is 137 g/mol. The van der Waals surface area contributed by atoms with Gasteiger partial charge in [0.05, 0.1) is 0 Å². The van der Waals surface area contributed by atoms with Crippen molar-refractivity contribution in [3.05, 3.63) is 24.9 Å². The van der Waals surface area contributed by atoms with Crippen LogP contribution in [0.15, 0.2) is 29.9 Å². The molecule has 1 unspecified atom stereocenters. The number of hydrogen-bond acceptors (Lipinski definition) is 3. The van der Waals surface area contributed by atoms with Crippen molar-refractivity contribution in [3.8, 4) is 0 Å². The highest BCUT2D eigenvalue weighted by Gasteiger charge is 2.08. The van der Waals surface area contributed by atoms with Crippen molar-refractivity contribution in [2.45, 2.75) is 12.6 Å². The summed E-state index contributed by atoms with van der Waals surface area (Å²) in [7, 11) is 0. The number of allylic oxidation sites excluding steroid dienone is 1. The van der Waals surface area contributed by atoms with Gasteiger partial charge in [-0.1, -0.05) is 6.08 Å². The summed E-state index contributed by atoms with van der Waals surface area (Å²) in [6.07, 6.45) is 7.99. The molecule has 0 fully saturated rings. The highest BCUT2D eigenvalue weighted by Crippen LogP contribution is 2.04. The maximum absolute atomic E-state index is 5.55. The average Bonchev–Trinajstić information content (AvgIpc) is 1.94. The van der Waals surface area contributed by atoms with Crippen LogP contribution in [-0.4, -0.2) is 17.4 Å². The Morgan fingerprint density at radius 1 is 1.80 bits per heavy atom. The third-order valence-electron chi connectivity index (χ3n) is 1.32. The Morgan fingerprint density at radius 3 is 3.20 bits per heavy atom. The second kappa shape index (κ2) is 3.17. The van der Waals surface area contributed by atoms with Crippen molar-refractivity contribution in [2.75, 3.05) is 0 Å². The normalized spacial score (nSPS) is 23.3. The summed E-state index contributed by atoms with van der Waals surface area (Å²) in [6, 6.07) is 0. The molecule has 0 saturated heterocycles. The zero-order chi connectivity index (χ0) is 7.40. The van der Waals surface area contributed by atoms with Gasteiger partial charge in [0.2, 0.25) is 0 Å². The molecule has 0 aromatic heterocycles. The first-order valence-electron chi connectivity index (χ1n) is 3.18. The average molecular weight is 137 g/mol. The van der Waals surface area contributed by atoms with E-state index in [0.29, 0.717) is 0 Å². The first-order chi connectivity index (χ1) is 4.84. The van der Waals surface area contributed by atoms with Crippen LogP contribution in [0.25, 0.3) is 0 Å². The van der Waals surface area contributed by atoms with E-state index >= 15 is 0 Å². The molecule has 0 aromatic rings. The Kier molecular flexibility index (Phi) is 2.23. The van der Waals surface area contributed by atoms with E-state index in [2.05, 4.69) is 11.6 Å². The lowest BCUT2D eigenvalue weighted by Crippen LogP contribution is -2.36. The molecule has 2 N–H and O–H groups in total. The molecule has 10 heavy (non-hydrogen) atoms. The molecule has 54 valence electrons. The van der Waals surface area contributed by atoms with Crippen molar-refractivity contribution < 1.29 is 0 Å². The van der Waals surface area contributed by atoms with Gasteiger partial charge in [0.15, 0.2) is 0 Å². The highest BCUT2D eigenvalue weighted by molar-refractivity contribution is 5.71. The van der Waals surface area contributed by atoms with E-state index in [4.69, 9.17) is 5.84 Å². The first kappa shape index (κ1) is 7.02. The molecule has 1 rings (SSSR count). The molecule has 0 aliphatic carbocycles. The van der Waals surface area contributed by atoms with Crippen LogP contribution in [0.3, 0.4) is 0 Å². The molecule has 0 spiro atoms. The first-order valence-corrected chi connectivity index (χ1v) is 3.18. The molecule has 0 radical (unpaired) electrons. The number of aliphatic imine (C=N–C) groups is 1. The van der Waals surface area contributed by atoms with E-state index in [9.17, 15) is 0 Å². The fraction of sp³-hybridized carbons (Fsp3) is 0.286. The Balaban J connectivity index is 2.52. The summed E-state index contributed by atoms with van der Waals surface area (Å²) < 4.78 is 0. The van der Waals surface area contributed by atoms with Gasteiger partial charge in [0.1, 0.15) is 6.17 Å². The summed E-state index contributed by atoms with van der Waals surface area (Å²) >= 11 is 0. The lowest BCUT2D eigenvalue weighted by atomic mass is 10.3. The van der Waals surface area contributed by atoms with Crippen LogP contribution >= 0.6 is 0 Å². The second-order valence-electron chi connectivity index (χ2n) is 2.09. The van der Waals surface area contributed by atoms with E-state index in [1.54, 1.807) is 29.6 Å². The molecule has 1 atom stereocenters. The van der Waals surface area contributed by atoms with E-state index in [1.165, 1.54) is 0 Å². The fourth-order valence-corrected chi connectivity index (χ4v) is 0.795. The van der Waals surface area contributed by atoms with Crippen LogP contribution in [0.4, 0.5) is 0 Å². The van der Waals surface area contributed by atoms with Crippen molar-refractivity contribution in [3.63, 3.8) is 0 Å². The summed E-state index contributed by atoms with van der Waals surface area (Å²) in [5.41, 5.74) is 0. The van der Waals surface area contributed by atoms with Crippen molar-refractivity contribution in [2.24, 2.45) is 10.8 Å². The molecule has 1 aliphatic heterocycles. The van der Waals surface area contributed by atoms with Gasteiger partial charge in [-0.3, -0.25) is 10.0 Å². The molecule has 0 aromatic carbocycles. The molecular formula is C7H11N3. The van der Waals surface area contributed by atoms with Gasteiger partial charge in [0.25, 0.3) is 0 Å². The Morgan fingerprint density at radius 2 is 2.60 bits per heavy atom. The predicted octanol–water partition coefficient (Wildman–Crippen LogP) is 0.662. The largest absolute Gasteiger partial charge is 0.294 e. The van der Waals surface area contributed by atoms with Gasteiger partial charge in [-0.15, -0.1) is 6.58 Å². The van der Waals surface area contributed by atoms with Crippen LogP contribution in [0.2, 0.25) is 0 Å². The third-order valence-corrected chi connectivity index (χ3v) is 1.32. The van der Waals surface area contributed by atoms with Crippen molar-refractivity contribution in [1.82, 2.24) is 5.01 Å². The fourth-order valence-electron chi connectivity index (χ4n) is 0.795. The Hall–Kier alpha value is -1.09. The van der Waals surface area contributed by atoms with E-state index in [1.807, 2.05) is 0 Å². The summed E-state index contributed by atoms with van der Waals surface area (Å²) in [4.78, 5) is 4.12.